The minimum Gasteiger partial charge on any atom is -0.278 e. The lowest BCUT2D eigenvalue weighted by Crippen LogP contribution is -2.22. The Balaban J connectivity index is 2.16. The van der Waals surface area contributed by atoms with Crippen molar-refractivity contribution >= 4 is 0 Å². The quantitative estimate of drug-likeness (QED) is 0.722. The molecular weight excluding hydrogens is 260 g/mol. The van der Waals surface area contributed by atoms with E-state index in [1.807, 2.05) is 67.1 Å². The second-order valence-electron chi connectivity index (χ2n) is 5.21. The Kier molecular flexibility index (Phi) is 3.48. The molecule has 0 saturated heterocycles. The van der Waals surface area contributed by atoms with E-state index < -0.39 is 0 Å². The van der Waals surface area contributed by atoms with Crippen LogP contribution in [0.1, 0.15) is 16.8 Å². The molecule has 0 atom stereocenters. The molecule has 0 spiro atoms. The lowest BCUT2D eigenvalue weighted by Gasteiger charge is -2.13. The third kappa shape index (κ3) is 2.42. The van der Waals surface area contributed by atoms with Gasteiger partial charge in [-0.1, -0.05) is 48.5 Å². The Morgan fingerprint density at radius 1 is 0.857 bits per heavy atom. The molecule has 3 rings (SSSR count). The molecule has 0 N–H and O–H groups in total. The van der Waals surface area contributed by atoms with E-state index in [1.165, 1.54) is 5.56 Å². The Bertz CT molecular complexity index is 798. The van der Waals surface area contributed by atoms with E-state index in [4.69, 9.17) is 0 Å². The van der Waals surface area contributed by atoms with Gasteiger partial charge in [0, 0.05) is 11.3 Å². The summed E-state index contributed by atoms with van der Waals surface area (Å²) < 4.78 is 3.81. The van der Waals surface area contributed by atoms with E-state index in [2.05, 4.69) is 12.1 Å². The van der Waals surface area contributed by atoms with Crippen LogP contribution in [0, 0.1) is 13.8 Å². The Morgan fingerprint density at radius 2 is 1.43 bits per heavy atom. The van der Waals surface area contributed by atoms with Crippen molar-refractivity contribution in [3.05, 3.63) is 87.8 Å². The van der Waals surface area contributed by atoms with Crippen LogP contribution in [0.15, 0.2) is 65.5 Å². The van der Waals surface area contributed by atoms with Crippen LogP contribution >= 0.6 is 0 Å². The largest absolute Gasteiger partial charge is 0.278 e. The van der Waals surface area contributed by atoms with Crippen LogP contribution in [0.5, 0.6) is 0 Å². The molecule has 0 unspecified atom stereocenters. The van der Waals surface area contributed by atoms with Crippen LogP contribution in [0.2, 0.25) is 0 Å². The third-order valence-corrected chi connectivity index (χ3v) is 3.86. The second-order valence-corrected chi connectivity index (χ2v) is 5.21. The monoisotopic (exact) mass is 278 g/mol. The van der Waals surface area contributed by atoms with E-state index in [1.54, 1.807) is 4.68 Å². The van der Waals surface area contributed by atoms with Crippen molar-refractivity contribution in [2.24, 2.45) is 0 Å². The first kappa shape index (κ1) is 13.4. The van der Waals surface area contributed by atoms with Crippen LogP contribution in [0.25, 0.3) is 5.69 Å². The maximum Gasteiger partial charge on any atom is 0.274 e. The summed E-state index contributed by atoms with van der Waals surface area (Å²) in [7, 11) is 0. The highest BCUT2D eigenvalue weighted by Gasteiger charge is 2.14. The molecule has 0 saturated carbocycles. The Labute approximate surface area is 124 Å². The van der Waals surface area contributed by atoms with Gasteiger partial charge in [0.1, 0.15) is 0 Å². The number of hydrogen-bond acceptors (Lipinski definition) is 1. The summed E-state index contributed by atoms with van der Waals surface area (Å²) >= 11 is 0. The SMILES string of the molecule is Cc1c(C)n(Cc2ccccc2)n(-c2ccccc2)c1=O. The zero-order chi connectivity index (χ0) is 14.8. The highest BCUT2D eigenvalue weighted by Crippen LogP contribution is 2.13. The molecule has 1 heterocycles. The van der Waals surface area contributed by atoms with Gasteiger partial charge in [-0.2, -0.15) is 0 Å². The third-order valence-electron chi connectivity index (χ3n) is 3.86. The summed E-state index contributed by atoms with van der Waals surface area (Å²) in [6.45, 7) is 4.57. The van der Waals surface area contributed by atoms with E-state index in [-0.39, 0.29) is 5.56 Å². The van der Waals surface area contributed by atoms with Gasteiger partial charge in [-0.3, -0.25) is 9.48 Å². The van der Waals surface area contributed by atoms with Crippen molar-refractivity contribution in [3.8, 4) is 5.69 Å². The van der Waals surface area contributed by atoms with Crippen LogP contribution < -0.4 is 5.56 Å². The molecule has 0 fully saturated rings. The summed E-state index contributed by atoms with van der Waals surface area (Å²) in [5, 5.41) is 0. The van der Waals surface area contributed by atoms with Crippen LogP contribution in [-0.2, 0) is 6.54 Å². The molecule has 3 heteroatoms. The lowest BCUT2D eigenvalue weighted by molar-refractivity contribution is 0.578. The summed E-state index contributed by atoms with van der Waals surface area (Å²) in [6.07, 6.45) is 0. The van der Waals surface area contributed by atoms with Crippen molar-refractivity contribution < 1.29 is 0 Å². The molecule has 3 nitrogen and oxygen atoms in total. The summed E-state index contributed by atoms with van der Waals surface area (Å²) in [5.74, 6) is 0. The average molecular weight is 278 g/mol. The van der Waals surface area contributed by atoms with Crippen molar-refractivity contribution in [1.82, 2.24) is 9.36 Å². The first-order valence-corrected chi connectivity index (χ1v) is 7.07. The van der Waals surface area contributed by atoms with Gasteiger partial charge in [0.05, 0.1) is 12.2 Å². The van der Waals surface area contributed by atoms with Gasteiger partial charge in [-0.15, -0.1) is 0 Å². The zero-order valence-electron chi connectivity index (χ0n) is 12.3. The molecule has 2 aromatic carbocycles. The first-order chi connectivity index (χ1) is 10.2. The fraction of sp³-hybridized carbons (Fsp3) is 0.167. The normalized spacial score (nSPS) is 10.8. The number of hydrogen-bond donors (Lipinski definition) is 0. The molecule has 0 aliphatic rings. The van der Waals surface area contributed by atoms with Crippen LogP contribution in [0.4, 0.5) is 0 Å². The summed E-state index contributed by atoms with van der Waals surface area (Å²) in [4.78, 5) is 12.5. The molecular formula is C18H18N2O. The maximum atomic E-state index is 12.5. The van der Waals surface area contributed by atoms with Crippen LogP contribution in [0.3, 0.4) is 0 Å². The summed E-state index contributed by atoms with van der Waals surface area (Å²) in [5.41, 5.74) is 3.94. The standard InChI is InChI=1S/C18H18N2O/c1-14-15(2)19(13-16-9-5-3-6-10-16)20(18(14)21)17-11-7-4-8-12-17/h3-12H,13H2,1-2H3. The zero-order valence-corrected chi connectivity index (χ0v) is 12.3. The summed E-state index contributed by atoms with van der Waals surface area (Å²) in [6, 6.07) is 20.0. The topological polar surface area (TPSA) is 26.9 Å². The van der Waals surface area contributed by atoms with Gasteiger partial charge in [-0.25, -0.2) is 4.68 Å². The number of aromatic nitrogens is 2. The second kappa shape index (κ2) is 5.44. The lowest BCUT2D eigenvalue weighted by atomic mass is 10.2. The molecule has 0 aliphatic heterocycles. The highest BCUT2D eigenvalue weighted by molar-refractivity contribution is 5.33. The van der Waals surface area contributed by atoms with Crippen molar-refractivity contribution in [2.75, 3.05) is 0 Å². The molecule has 0 bridgehead atoms. The number of nitrogens with zero attached hydrogens (tertiary/aromatic N) is 2. The predicted octanol–water partition coefficient (Wildman–Crippen LogP) is 3.30. The number of benzene rings is 2. The van der Waals surface area contributed by atoms with E-state index in [0.717, 1.165) is 16.9 Å². The van der Waals surface area contributed by atoms with Gasteiger partial charge in [-0.05, 0) is 31.5 Å². The first-order valence-electron chi connectivity index (χ1n) is 7.07. The maximum absolute atomic E-state index is 12.5. The average Bonchev–Trinajstić information content (AvgIpc) is 2.74. The minimum atomic E-state index is 0.0506. The van der Waals surface area contributed by atoms with E-state index in [9.17, 15) is 4.79 Å². The van der Waals surface area contributed by atoms with Gasteiger partial charge >= 0.3 is 0 Å². The fourth-order valence-corrected chi connectivity index (χ4v) is 2.54. The van der Waals surface area contributed by atoms with Gasteiger partial charge in [0.15, 0.2) is 0 Å². The molecule has 1 aromatic heterocycles. The van der Waals surface area contributed by atoms with Crippen molar-refractivity contribution in [1.29, 1.82) is 0 Å². The van der Waals surface area contributed by atoms with E-state index in [0.29, 0.717) is 6.54 Å². The van der Waals surface area contributed by atoms with Gasteiger partial charge < -0.3 is 0 Å². The molecule has 106 valence electrons. The molecule has 0 radical (unpaired) electrons. The van der Waals surface area contributed by atoms with Crippen molar-refractivity contribution in [2.45, 2.75) is 20.4 Å². The smallest absolute Gasteiger partial charge is 0.274 e. The Morgan fingerprint density at radius 3 is 2.05 bits per heavy atom. The predicted molar refractivity (Wildman–Crippen MR) is 85.0 cm³/mol. The van der Waals surface area contributed by atoms with Gasteiger partial charge in [0.25, 0.3) is 5.56 Å². The highest BCUT2D eigenvalue weighted by atomic mass is 16.1. The molecule has 21 heavy (non-hydrogen) atoms. The van der Waals surface area contributed by atoms with Crippen molar-refractivity contribution in [3.63, 3.8) is 0 Å². The Hall–Kier alpha value is -2.55. The molecule has 0 aliphatic carbocycles. The minimum absolute atomic E-state index is 0.0506. The van der Waals surface area contributed by atoms with Gasteiger partial charge in [0.2, 0.25) is 0 Å². The number of para-hydroxylation sites is 1. The van der Waals surface area contributed by atoms with Crippen LogP contribution in [-0.4, -0.2) is 9.36 Å². The van der Waals surface area contributed by atoms with E-state index >= 15 is 0 Å². The number of rotatable bonds is 3. The molecule has 3 aromatic rings. The molecule has 0 amide bonds. The fourth-order valence-electron chi connectivity index (χ4n) is 2.54.